The maximum absolute atomic E-state index is 13.9. The second-order valence-corrected chi connectivity index (χ2v) is 5.50. The topological polar surface area (TPSA) is 52.6 Å². The lowest BCUT2D eigenvalue weighted by atomic mass is 10.0. The van der Waals surface area contributed by atoms with Crippen molar-refractivity contribution in [3.8, 4) is 0 Å². The third-order valence-electron chi connectivity index (χ3n) is 3.75. The molecule has 1 fully saturated rings. The van der Waals surface area contributed by atoms with E-state index in [4.69, 9.17) is 0 Å². The molecule has 22 heavy (non-hydrogen) atoms. The predicted octanol–water partition coefficient (Wildman–Crippen LogP) is 2.27. The molecule has 2 atom stereocenters. The Kier molecular flexibility index (Phi) is 8.93. The van der Waals surface area contributed by atoms with Crippen molar-refractivity contribution in [3.05, 3.63) is 35.1 Å². The zero-order valence-corrected chi connectivity index (χ0v) is 14.3. The molecule has 0 aromatic heterocycles. The number of halogens is 3. The van der Waals surface area contributed by atoms with Crippen molar-refractivity contribution in [1.29, 1.82) is 0 Å². The number of hydrogen-bond donors (Lipinski definition) is 2. The molecule has 4 nitrogen and oxygen atoms in total. The van der Waals surface area contributed by atoms with Gasteiger partial charge in [0, 0.05) is 32.1 Å². The van der Waals surface area contributed by atoms with Crippen LogP contribution in [0.2, 0.25) is 0 Å². The quantitative estimate of drug-likeness (QED) is 0.872. The van der Waals surface area contributed by atoms with E-state index < -0.39 is 12.0 Å². The molecule has 1 aliphatic heterocycles. The lowest BCUT2D eigenvalue weighted by molar-refractivity contribution is -0.143. The molecule has 0 radical (unpaired) electrons. The van der Waals surface area contributed by atoms with Crippen molar-refractivity contribution < 1.29 is 14.3 Å². The number of hydrogen-bond acceptors (Lipinski definition) is 3. The molecule has 0 unspecified atom stereocenters. The SMILES string of the molecule is Cc1ccc(C[C@@H](C(=O)O)N2CCN[C@@H](C)C2)c(F)c1.Cl.Cl. The maximum Gasteiger partial charge on any atom is 0.321 e. The summed E-state index contributed by atoms with van der Waals surface area (Å²) in [5, 5.41) is 12.7. The number of carboxylic acids is 1. The summed E-state index contributed by atoms with van der Waals surface area (Å²) in [5.41, 5.74) is 1.31. The molecule has 1 aliphatic rings. The minimum absolute atomic E-state index is 0. The molecule has 1 heterocycles. The van der Waals surface area contributed by atoms with E-state index in [0.717, 1.165) is 12.1 Å². The lowest BCUT2D eigenvalue weighted by Crippen LogP contribution is -2.55. The van der Waals surface area contributed by atoms with E-state index in [1.165, 1.54) is 6.07 Å². The van der Waals surface area contributed by atoms with Crippen LogP contribution in [0.1, 0.15) is 18.1 Å². The minimum Gasteiger partial charge on any atom is -0.480 e. The number of aliphatic carboxylic acids is 1. The third kappa shape index (κ3) is 5.39. The van der Waals surface area contributed by atoms with Gasteiger partial charge >= 0.3 is 5.97 Å². The van der Waals surface area contributed by atoms with Crippen molar-refractivity contribution in [3.63, 3.8) is 0 Å². The van der Waals surface area contributed by atoms with Gasteiger partial charge in [-0.15, -0.1) is 24.8 Å². The molecule has 0 bridgehead atoms. The predicted molar refractivity (Wildman–Crippen MR) is 89.8 cm³/mol. The Morgan fingerprint density at radius 1 is 1.50 bits per heavy atom. The van der Waals surface area contributed by atoms with E-state index >= 15 is 0 Å². The van der Waals surface area contributed by atoms with Crippen molar-refractivity contribution in [2.24, 2.45) is 0 Å². The highest BCUT2D eigenvalue weighted by Gasteiger charge is 2.29. The maximum atomic E-state index is 13.9. The normalized spacial score (nSPS) is 19.7. The van der Waals surface area contributed by atoms with Gasteiger partial charge < -0.3 is 10.4 Å². The summed E-state index contributed by atoms with van der Waals surface area (Å²) in [6, 6.07) is 4.55. The summed E-state index contributed by atoms with van der Waals surface area (Å²) < 4.78 is 13.9. The van der Waals surface area contributed by atoms with Crippen LogP contribution in [0.3, 0.4) is 0 Å². The third-order valence-corrected chi connectivity index (χ3v) is 3.75. The molecule has 0 amide bonds. The van der Waals surface area contributed by atoms with Crippen molar-refractivity contribution in [1.82, 2.24) is 10.2 Å². The van der Waals surface area contributed by atoms with Crippen molar-refractivity contribution in [2.75, 3.05) is 19.6 Å². The highest BCUT2D eigenvalue weighted by atomic mass is 35.5. The van der Waals surface area contributed by atoms with Crippen LogP contribution in [0, 0.1) is 12.7 Å². The number of nitrogens with zero attached hydrogens (tertiary/aromatic N) is 1. The minimum atomic E-state index is -0.890. The van der Waals surface area contributed by atoms with Crippen LogP contribution >= 0.6 is 24.8 Å². The van der Waals surface area contributed by atoms with Gasteiger partial charge in [-0.2, -0.15) is 0 Å². The fourth-order valence-electron chi connectivity index (χ4n) is 2.64. The fraction of sp³-hybridized carbons (Fsp3) is 0.533. The summed E-state index contributed by atoms with van der Waals surface area (Å²) in [4.78, 5) is 13.4. The van der Waals surface area contributed by atoms with Crippen LogP contribution in [0.25, 0.3) is 0 Å². The van der Waals surface area contributed by atoms with E-state index in [2.05, 4.69) is 5.32 Å². The summed E-state index contributed by atoms with van der Waals surface area (Å²) in [6.45, 7) is 5.96. The largest absolute Gasteiger partial charge is 0.480 e. The summed E-state index contributed by atoms with van der Waals surface area (Å²) in [6.07, 6.45) is 0.203. The van der Waals surface area contributed by atoms with Gasteiger partial charge in [0.1, 0.15) is 11.9 Å². The molecule has 0 aliphatic carbocycles. The van der Waals surface area contributed by atoms with Gasteiger partial charge in [-0.1, -0.05) is 12.1 Å². The lowest BCUT2D eigenvalue weighted by Gasteiger charge is -2.35. The van der Waals surface area contributed by atoms with Crippen LogP contribution in [-0.4, -0.2) is 47.7 Å². The second kappa shape index (κ2) is 9.30. The molecule has 1 saturated heterocycles. The molecular formula is C15H23Cl2FN2O2. The fourth-order valence-corrected chi connectivity index (χ4v) is 2.64. The van der Waals surface area contributed by atoms with Gasteiger partial charge in [0.05, 0.1) is 0 Å². The number of rotatable bonds is 4. The smallest absolute Gasteiger partial charge is 0.321 e. The van der Waals surface area contributed by atoms with Gasteiger partial charge in [-0.3, -0.25) is 9.69 Å². The Hall–Kier alpha value is -0.880. The average Bonchev–Trinajstić information content (AvgIpc) is 2.37. The molecular weight excluding hydrogens is 330 g/mol. The Morgan fingerprint density at radius 3 is 2.73 bits per heavy atom. The van der Waals surface area contributed by atoms with Gasteiger partial charge in [-0.05, 0) is 31.0 Å². The van der Waals surface area contributed by atoms with Gasteiger partial charge in [0.2, 0.25) is 0 Å². The van der Waals surface area contributed by atoms with Crippen molar-refractivity contribution in [2.45, 2.75) is 32.4 Å². The highest BCUT2D eigenvalue weighted by Crippen LogP contribution is 2.16. The van der Waals surface area contributed by atoms with E-state index in [-0.39, 0.29) is 43.1 Å². The number of carboxylic acid groups (broad SMARTS) is 1. The Morgan fingerprint density at radius 2 is 2.18 bits per heavy atom. The van der Waals surface area contributed by atoms with E-state index in [9.17, 15) is 14.3 Å². The van der Waals surface area contributed by atoms with Crippen LogP contribution in [0.15, 0.2) is 18.2 Å². The first-order chi connectivity index (χ1) is 9.47. The Labute approximate surface area is 142 Å². The first-order valence-corrected chi connectivity index (χ1v) is 6.92. The van der Waals surface area contributed by atoms with Crippen LogP contribution in [0.5, 0.6) is 0 Å². The van der Waals surface area contributed by atoms with Gasteiger partial charge in [0.15, 0.2) is 0 Å². The molecule has 1 aromatic rings. The standard InChI is InChI=1S/C15H21FN2O2.2ClH/c1-10-3-4-12(13(16)7-10)8-14(15(19)20)18-6-5-17-11(2)9-18;;/h3-4,7,11,14,17H,5-6,8-9H2,1-2H3,(H,19,20);2*1H/t11-,14-;;/m0../s1. The molecule has 126 valence electrons. The Bertz CT molecular complexity index is 502. The summed E-state index contributed by atoms with van der Waals surface area (Å²) in [5.74, 6) is -1.21. The van der Waals surface area contributed by atoms with Crippen LogP contribution in [-0.2, 0) is 11.2 Å². The monoisotopic (exact) mass is 352 g/mol. The number of nitrogens with one attached hydrogen (secondary N) is 1. The average molecular weight is 353 g/mol. The molecule has 0 spiro atoms. The molecule has 7 heteroatoms. The first kappa shape index (κ1) is 21.1. The van der Waals surface area contributed by atoms with Gasteiger partial charge in [0.25, 0.3) is 0 Å². The van der Waals surface area contributed by atoms with E-state index in [1.54, 1.807) is 6.07 Å². The molecule has 2 rings (SSSR count). The van der Waals surface area contributed by atoms with Crippen LogP contribution in [0.4, 0.5) is 4.39 Å². The van der Waals surface area contributed by atoms with Crippen LogP contribution < -0.4 is 5.32 Å². The van der Waals surface area contributed by atoms with E-state index in [1.807, 2.05) is 24.8 Å². The highest BCUT2D eigenvalue weighted by molar-refractivity contribution is 5.85. The van der Waals surface area contributed by atoms with Gasteiger partial charge in [-0.25, -0.2) is 4.39 Å². The molecule has 0 saturated carbocycles. The zero-order valence-electron chi connectivity index (χ0n) is 12.7. The Balaban J connectivity index is 0.00000220. The number of benzene rings is 1. The first-order valence-electron chi connectivity index (χ1n) is 6.92. The molecule has 1 aromatic carbocycles. The van der Waals surface area contributed by atoms with E-state index in [0.29, 0.717) is 18.7 Å². The number of aryl methyl sites for hydroxylation is 1. The number of piperazine rings is 1. The summed E-state index contributed by atoms with van der Waals surface area (Å²) >= 11 is 0. The summed E-state index contributed by atoms with van der Waals surface area (Å²) in [7, 11) is 0. The van der Waals surface area contributed by atoms with Crippen molar-refractivity contribution >= 4 is 30.8 Å². The number of carbonyl (C=O) groups is 1. The molecule has 2 N–H and O–H groups in total. The second-order valence-electron chi connectivity index (χ2n) is 5.50. The zero-order chi connectivity index (χ0) is 14.7.